The van der Waals surface area contributed by atoms with Crippen molar-refractivity contribution in [2.45, 2.75) is 41.7 Å². The normalized spacial score (nSPS) is 20.3. The summed E-state index contributed by atoms with van der Waals surface area (Å²) in [7, 11) is 0. The second-order valence-corrected chi connectivity index (χ2v) is 10.3. The van der Waals surface area contributed by atoms with Crippen LogP contribution in [-0.4, -0.2) is 37.0 Å². The molecule has 3 aromatic rings. The minimum absolute atomic E-state index is 0.0570. The minimum Gasteiger partial charge on any atom is -0.612 e. The number of hydrogen-bond donors (Lipinski definition) is 0. The van der Waals surface area contributed by atoms with Gasteiger partial charge in [0.25, 0.3) is 5.89 Å². The molecule has 0 bridgehead atoms. The average Bonchev–Trinajstić information content (AvgIpc) is 3.30. The summed E-state index contributed by atoms with van der Waals surface area (Å²) in [6.07, 6.45) is 2.62. The molecule has 2 unspecified atom stereocenters. The van der Waals surface area contributed by atoms with E-state index in [2.05, 4.69) is 15.3 Å². The quantitative estimate of drug-likeness (QED) is 0.375. The fourth-order valence-electron chi connectivity index (χ4n) is 4.03. The Labute approximate surface area is 205 Å². The van der Waals surface area contributed by atoms with Crippen molar-refractivity contribution >= 4 is 34.4 Å². The van der Waals surface area contributed by atoms with Crippen LogP contribution >= 0.6 is 23.2 Å². The summed E-state index contributed by atoms with van der Waals surface area (Å²) in [5.41, 5.74) is -1.01. The number of hydrogen-bond acceptors (Lipinski definition) is 5. The molecule has 2 heterocycles. The Morgan fingerprint density at radius 3 is 2.53 bits per heavy atom. The molecule has 0 radical (unpaired) electrons. The monoisotopic (exact) mass is 528 g/mol. The molecule has 0 aliphatic heterocycles. The molecule has 1 saturated carbocycles. The lowest BCUT2D eigenvalue weighted by molar-refractivity contribution is -0.165. The third-order valence-corrected chi connectivity index (χ3v) is 7.56. The Kier molecular flexibility index (Phi) is 5.83. The van der Waals surface area contributed by atoms with Crippen molar-refractivity contribution in [3.8, 4) is 17.3 Å². The highest BCUT2D eigenvalue weighted by molar-refractivity contribution is 7.90. The number of para-hydroxylation sites is 1. The maximum absolute atomic E-state index is 13.6. The molecular formula is C22H17Cl2F3N4O2S. The molecule has 2 aliphatic rings. The second-order valence-electron chi connectivity index (χ2n) is 8.16. The van der Waals surface area contributed by atoms with Gasteiger partial charge in [-0.05, 0) is 48.6 Å². The average molecular weight is 529 g/mol. The summed E-state index contributed by atoms with van der Waals surface area (Å²) in [5, 5.41) is 13.1. The van der Waals surface area contributed by atoms with E-state index in [-0.39, 0.29) is 35.2 Å². The van der Waals surface area contributed by atoms with E-state index in [0.29, 0.717) is 27.9 Å². The van der Waals surface area contributed by atoms with Gasteiger partial charge in [0.05, 0.1) is 10.7 Å². The number of allylic oxidation sites excluding steroid dienone is 4. The Morgan fingerprint density at radius 2 is 1.94 bits per heavy atom. The Morgan fingerprint density at radius 1 is 1.21 bits per heavy atom. The van der Waals surface area contributed by atoms with Crippen molar-refractivity contribution in [1.82, 2.24) is 20.0 Å². The van der Waals surface area contributed by atoms with Crippen LogP contribution < -0.4 is 0 Å². The van der Waals surface area contributed by atoms with Crippen LogP contribution in [0.25, 0.3) is 17.3 Å². The lowest BCUT2D eigenvalue weighted by Crippen LogP contribution is -2.28. The van der Waals surface area contributed by atoms with Crippen molar-refractivity contribution in [3.05, 3.63) is 64.1 Å². The Hall–Kier alpha value is -2.27. The first-order valence-electron chi connectivity index (χ1n) is 10.3. The summed E-state index contributed by atoms with van der Waals surface area (Å²) in [6.45, 7) is 0. The van der Waals surface area contributed by atoms with Crippen LogP contribution in [0.2, 0.25) is 5.02 Å². The van der Waals surface area contributed by atoms with Crippen molar-refractivity contribution < 1.29 is 22.1 Å². The lowest BCUT2D eigenvalue weighted by atomic mass is 9.96. The van der Waals surface area contributed by atoms with Gasteiger partial charge in [-0.25, -0.2) is 4.68 Å². The molecule has 2 aliphatic carbocycles. The highest BCUT2D eigenvalue weighted by atomic mass is 35.5. The first-order valence-corrected chi connectivity index (χ1v) is 12.6. The van der Waals surface area contributed by atoms with Gasteiger partial charge in [-0.15, -0.1) is 10.2 Å². The van der Waals surface area contributed by atoms with E-state index in [4.69, 9.17) is 27.6 Å². The van der Waals surface area contributed by atoms with Crippen LogP contribution in [-0.2, 0) is 16.6 Å². The van der Waals surface area contributed by atoms with Gasteiger partial charge >= 0.3 is 6.18 Å². The van der Waals surface area contributed by atoms with Crippen LogP contribution in [0.3, 0.4) is 0 Å². The molecule has 0 N–H and O–H groups in total. The summed E-state index contributed by atoms with van der Waals surface area (Å²) in [5.74, 6) is -1.01. The predicted octanol–water partition coefficient (Wildman–Crippen LogP) is 6.07. The van der Waals surface area contributed by atoms with E-state index >= 15 is 0 Å². The number of aromatic nitrogens is 4. The molecule has 34 heavy (non-hydrogen) atoms. The summed E-state index contributed by atoms with van der Waals surface area (Å²) in [4.78, 5) is 0.285. The van der Waals surface area contributed by atoms with E-state index in [0.717, 1.165) is 0 Å². The maximum atomic E-state index is 13.6. The fourth-order valence-corrected chi connectivity index (χ4v) is 5.34. The van der Waals surface area contributed by atoms with Crippen LogP contribution in [0.1, 0.15) is 36.8 Å². The van der Waals surface area contributed by atoms with Gasteiger partial charge in [0.15, 0.2) is 0 Å². The second kappa shape index (κ2) is 8.44. The summed E-state index contributed by atoms with van der Waals surface area (Å²) in [6, 6.07) is 6.95. The molecule has 1 fully saturated rings. The standard InChI is InChI=1S/C22H17Cl2F3N4O2S/c1-34(32)18-16(19-28-29-20(33-19)21(10-11-21)22(25,26)27)30-31(15-5-3-2-4-14(15)24)17(18)12-6-8-13(23)9-7-12/h2-6,8-9,12H,7,10-11H2,1H3. The van der Waals surface area contributed by atoms with Gasteiger partial charge in [0.2, 0.25) is 16.5 Å². The van der Waals surface area contributed by atoms with Gasteiger partial charge in [0, 0.05) is 11.0 Å². The molecule has 178 valence electrons. The Balaban J connectivity index is 1.70. The minimum atomic E-state index is -4.51. The van der Waals surface area contributed by atoms with Crippen molar-refractivity contribution in [1.29, 1.82) is 0 Å². The van der Waals surface area contributed by atoms with Crippen molar-refractivity contribution in [2.75, 3.05) is 6.26 Å². The lowest BCUT2D eigenvalue weighted by Gasteiger charge is -2.18. The molecular weight excluding hydrogens is 512 g/mol. The highest BCUT2D eigenvalue weighted by Crippen LogP contribution is 2.58. The molecule has 12 heteroatoms. The predicted molar refractivity (Wildman–Crippen MR) is 122 cm³/mol. The Bertz CT molecular complexity index is 1310. The summed E-state index contributed by atoms with van der Waals surface area (Å²) >= 11 is 10.9. The van der Waals surface area contributed by atoms with E-state index in [1.165, 1.54) is 10.9 Å². The molecule has 2 atom stereocenters. The van der Waals surface area contributed by atoms with Gasteiger partial charge in [-0.2, -0.15) is 18.3 Å². The molecule has 5 rings (SSSR count). The van der Waals surface area contributed by atoms with Crippen LogP contribution in [0, 0.1) is 0 Å². The van der Waals surface area contributed by atoms with Gasteiger partial charge in [0.1, 0.15) is 17.4 Å². The van der Waals surface area contributed by atoms with Crippen LogP contribution in [0.15, 0.2) is 56.8 Å². The first kappa shape index (κ1) is 23.5. The summed E-state index contributed by atoms with van der Waals surface area (Å²) < 4.78 is 60.7. The third-order valence-electron chi connectivity index (χ3n) is 5.98. The number of benzene rings is 1. The smallest absolute Gasteiger partial charge is 0.403 e. The number of halogens is 5. The molecule has 0 saturated heterocycles. The SMILES string of the molecule is C[S+]([O-])c1c(-c2nnc(C3(C(F)(F)F)CC3)o2)nn(-c2ccccc2Cl)c1C1C=CC(Cl)=CC1. The highest BCUT2D eigenvalue weighted by Gasteiger charge is 2.68. The number of nitrogens with zero attached hydrogens (tertiary/aromatic N) is 4. The number of rotatable bonds is 5. The topological polar surface area (TPSA) is 79.8 Å². The fraction of sp³-hybridized carbons (Fsp3) is 0.318. The van der Waals surface area contributed by atoms with Crippen LogP contribution in [0.5, 0.6) is 0 Å². The zero-order valence-corrected chi connectivity index (χ0v) is 20.0. The first-order chi connectivity index (χ1) is 16.1. The zero-order valence-electron chi connectivity index (χ0n) is 17.6. The van der Waals surface area contributed by atoms with Gasteiger partial charge < -0.3 is 8.97 Å². The van der Waals surface area contributed by atoms with Crippen molar-refractivity contribution in [2.24, 2.45) is 0 Å². The van der Waals surface area contributed by atoms with Crippen LogP contribution in [0.4, 0.5) is 13.2 Å². The van der Waals surface area contributed by atoms with E-state index < -0.39 is 28.7 Å². The van der Waals surface area contributed by atoms with Gasteiger partial charge in [-0.1, -0.05) is 47.5 Å². The molecule has 0 spiro atoms. The zero-order chi connectivity index (χ0) is 24.3. The van der Waals surface area contributed by atoms with E-state index in [1.54, 1.807) is 30.3 Å². The molecule has 0 amide bonds. The van der Waals surface area contributed by atoms with Crippen molar-refractivity contribution in [3.63, 3.8) is 0 Å². The third kappa shape index (κ3) is 3.86. The van der Waals surface area contributed by atoms with E-state index in [1.807, 2.05) is 12.2 Å². The number of alkyl halides is 3. The maximum Gasteiger partial charge on any atom is 0.403 e. The van der Waals surface area contributed by atoms with Gasteiger partial charge in [-0.3, -0.25) is 0 Å². The van der Waals surface area contributed by atoms with E-state index in [9.17, 15) is 17.7 Å². The molecule has 1 aromatic carbocycles. The molecule has 2 aromatic heterocycles. The molecule has 6 nitrogen and oxygen atoms in total. The largest absolute Gasteiger partial charge is 0.612 e.